The first kappa shape index (κ1) is 13.2. The largest absolute Gasteiger partial charge is 0.466 e. The van der Waals surface area contributed by atoms with Crippen molar-refractivity contribution in [1.82, 2.24) is 20.5 Å². The second kappa shape index (κ2) is 4.94. The Morgan fingerprint density at radius 1 is 1.25 bits per heavy atom. The molecule has 3 rings (SSSR count). The van der Waals surface area contributed by atoms with Crippen LogP contribution >= 0.6 is 0 Å². The van der Waals surface area contributed by atoms with Gasteiger partial charge in [-0.3, -0.25) is 5.10 Å². The van der Waals surface area contributed by atoms with E-state index in [0.717, 1.165) is 41.9 Å². The number of H-pyrrole nitrogens is 1. The number of aryl methyl sites for hydroxylation is 2. The molecule has 0 saturated carbocycles. The van der Waals surface area contributed by atoms with Gasteiger partial charge in [-0.25, -0.2) is 0 Å². The highest BCUT2D eigenvalue weighted by atomic mass is 16.3. The predicted octanol–water partition coefficient (Wildman–Crippen LogP) is 1.87. The van der Waals surface area contributed by atoms with Crippen molar-refractivity contribution in [2.45, 2.75) is 39.8 Å². The van der Waals surface area contributed by atoms with E-state index in [0.29, 0.717) is 12.1 Å². The molecule has 0 aromatic carbocycles. The van der Waals surface area contributed by atoms with Gasteiger partial charge in [0.1, 0.15) is 11.5 Å². The molecule has 0 bridgehead atoms. The van der Waals surface area contributed by atoms with Gasteiger partial charge in [0, 0.05) is 25.2 Å². The zero-order chi connectivity index (χ0) is 14.3. The number of hydrogen-bond acceptors (Lipinski definition) is 5. The van der Waals surface area contributed by atoms with Crippen LogP contribution < -0.4 is 10.2 Å². The molecule has 2 unspecified atom stereocenters. The van der Waals surface area contributed by atoms with E-state index in [-0.39, 0.29) is 0 Å². The molecule has 20 heavy (non-hydrogen) atoms. The minimum atomic E-state index is 0.443. The number of nitrogens with one attached hydrogen (secondary N) is 2. The van der Waals surface area contributed by atoms with E-state index in [1.807, 2.05) is 19.9 Å². The summed E-state index contributed by atoms with van der Waals surface area (Å²) in [6.45, 7) is 10.1. The number of rotatable bonds is 2. The number of piperazine rings is 1. The van der Waals surface area contributed by atoms with E-state index in [4.69, 9.17) is 4.42 Å². The van der Waals surface area contributed by atoms with Crippen molar-refractivity contribution in [2.24, 2.45) is 0 Å². The van der Waals surface area contributed by atoms with Crippen molar-refractivity contribution in [2.75, 3.05) is 18.0 Å². The lowest BCUT2D eigenvalue weighted by Gasteiger charge is -2.35. The quantitative estimate of drug-likeness (QED) is 0.875. The third-order valence-electron chi connectivity index (χ3n) is 3.61. The maximum Gasteiger partial charge on any atom is 0.245 e. The maximum absolute atomic E-state index is 5.55. The van der Waals surface area contributed by atoms with Gasteiger partial charge in [0.25, 0.3) is 0 Å². The molecule has 0 spiro atoms. The average molecular weight is 275 g/mol. The fraction of sp³-hybridized carbons (Fsp3) is 0.571. The number of anilines is 1. The molecular weight excluding hydrogens is 254 g/mol. The molecule has 2 atom stereocenters. The molecule has 0 amide bonds. The molecule has 2 N–H and O–H groups in total. The Labute approximate surface area is 118 Å². The second-order valence-electron chi connectivity index (χ2n) is 5.68. The summed E-state index contributed by atoms with van der Waals surface area (Å²) in [7, 11) is 0. The minimum absolute atomic E-state index is 0.443. The van der Waals surface area contributed by atoms with E-state index >= 15 is 0 Å². The highest BCUT2D eigenvalue weighted by Crippen LogP contribution is 2.25. The van der Waals surface area contributed by atoms with Crippen molar-refractivity contribution in [3.05, 3.63) is 17.6 Å². The minimum Gasteiger partial charge on any atom is -0.466 e. The zero-order valence-corrected chi connectivity index (χ0v) is 12.4. The summed E-state index contributed by atoms with van der Waals surface area (Å²) in [5, 5.41) is 10.9. The predicted molar refractivity (Wildman–Crippen MR) is 77.8 cm³/mol. The summed E-state index contributed by atoms with van der Waals surface area (Å²) in [4.78, 5) is 6.84. The summed E-state index contributed by atoms with van der Waals surface area (Å²) in [6.07, 6.45) is 0. The Balaban J connectivity index is 1.85. The van der Waals surface area contributed by atoms with Gasteiger partial charge in [0.15, 0.2) is 5.82 Å². The van der Waals surface area contributed by atoms with Crippen LogP contribution in [-0.4, -0.2) is 40.4 Å². The molecule has 3 heterocycles. The number of nitrogens with zero attached hydrogens (tertiary/aromatic N) is 3. The fourth-order valence-corrected chi connectivity index (χ4v) is 2.87. The number of furan rings is 1. The molecule has 2 aromatic rings. The maximum atomic E-state index is 5.55. The monoisotopic (exact) mass is 275 g/mol. The summed E-state index contributed by atoms with van der Waals surface area (Å²) in [6, 6.07) is 2.88. The van der Waals surface area contributed by atoms with E-state index < -0.39 is 0 Å². The molecule has 1 aliphatic rings. The molecule has 6 heteroatoms. The highest BCUT2D eigenvalue weighted by Gasteiger charge is 2.24. The lowest BCUT2D eigenvalue weighted by molar-refractivity contribution is 0.403. The Morgan fingerprint density at radius 3 is 2.55 bits per heavy atom. The molecule has 108 valence electrons. The molecule has 1 saturated heterocycles. The number of aromatic nitrogens is 3. The van der Waals surface area contributed by atoms with Crippen molar-refractivity contribution < 1.29 is 4.42 Å². The highest BCUT2D eigenvalue weighted by molar-refractivity contribution is 5.59. The van der Waals surface area contributed by atoms with E-state index in [1.54, 1.807) is 0 Å². The van der Waals surface area contributed by atoms with E-state index in [9.17, 15) is 0 Å². The van der Waals surface area contributed by atoms with Crippen molar-refractivity contribution in [3.8, 4) is 11.4 Å². The Hall–Kier alpha value is -1.82. The molecule has 1 fully saturated rings. The normalized spacial score (nSPS) is 23.3. The van der Waals surface area contributed by atoms with Crippen LogP contribution in [0.5, 0.6) is 0 Å². The Bertz CT molecular complexity index is 592. The van der Waals surface area contributed by atoms with Crippen LogP contribution in [0.25, 0.3) is 11.4 Å². The van der Waals surface area contributed by atoms with Crippen molar-refractivity contribution in [3.63, 3.8) is 0 Å². The van der Waals surface area contributed by atoms with Gasteiger partial charge in [-0.05, 0) is 33.8 Å². The standard InChI is InChI=1S/C14H21N5O/c1-8-6-19(7-9(2)15-8)14-16-13(17-18-14)12-5-10(3)20-11(12)4/h5,8-9,15H,6-7H2,1-4H3,(H,16,17,18). The summed E-state index contributed by atoms with van der Waals surface area (Å²) >= 11 is 0. The number of aromatic amines is 1. The van der Waals surface area contributed by atoms with Crippen LogP contribution in [0.3, 0.4) is 0 Å². The topological polar surface area (TPSA) is 70.0 Å². The first-order valence-electron chi connectivity index (χ1n) is 7.03. The lowest BCUT2D eigenvalue weighted by Crippen LogP contribution is -2.54. The van der Waals surface area contributed by atoms with E-state index in [2.05, 4.69) is 39.2 Å². The van der Waals surface area contributed by atoms with Crippen LogP contribution in [0.4, 0.5) is 5.95 Å². The van der Waals surface area contributed by atoms with Crippen LogP contribution in [-0.2, 0) is 0 Å². The Morgan fingerprint density at radius 2 is 1.95 bits per heavy atom. The second-order valence-corrected chi connectivity index (χ2v) is 5.68. The van der Waals surface area contributed by atoms with Gasteiger partial charge in [-0.1, -0.05) is 0 Å². The Kier molecular flexibility index (Phi) is 3.25. The van der Waals surface area contributed by atoms with Gasteiger partial charge in [0.2, 0.25) is 5.95 Å². The van der Waals surface area contributed by atoms with Gasteiger partial charge >= 0.3 is 0 Å². The molecule has 0 aliphatic carbocycles. The van der Waals surface area contributed by atoms with Crippen molar-refractivity contribution in [1.29, 1.82) is 0 Å². The van der Waals surface area contributed by atoms with Crippen LogP contribution in [0, 0.1) is 13.8 Å². The first-order valence-corrected chi connectivity index (χ1v) is 7.03. The molecule has 1 aliphatic heterocycles. The van der Waals surface area contributed by atoms with Gasteiger partial charge in [0.05, 0.1) is 5.56 Å². The molecule has 6 nitrogen and oxygen atoms in total. The van der Waals surface area contributed by atoms with Gasteiger partial charge in [-0.2, -0.15) is 4.98 Å². The summed E-state index contributed by atoms with van der Waals surface area (Å²) in [5.41, 5.74) is 0.984. The van der Waals surface area contributed by atoms with E-state index in [1.165, 1.54) is 0 Å². The van der Waals surface area contributed by atoms with Crippen LogP contribution in [0.15, 0.2) is 10.5 Å². The third-order valence-corrected chi connectivity index (χ3v) is 3.61. The van der Waals surface area contributed by atoms with Crippen LogP contribution in [0.2, 0.25) is 0 Å². The fourth-order valence-electron chi connectivity index (χ4n) is 2.87. The van der Waals surface area contributed by atoms with Gasteiger partial charge < -0.3 is 14.6 Å². The lowest BCUT2D eigenvalue weighted by atomic mass is 10.1. The molecule has 0 radical (unpaired) electrons. The van der Waals surface area contributed by atoms with Crippen molar-refractivity contribution >= 4 is 5.95 Å². The average Bonchev–Trinajstić information content (AvgIpc) is 2.94. The SMILES string of the molecule is Cc1cc(-c2nc(N3CC(C)NC(C)C3)n[nH]2)c(C)o1. The smallest absolute Gasteiger partial charge is 0.245 e. The molecular formula is C14H21N5O. The van der Waals surface area contributed by atoms with Crippen LogP contribution in [0.1, 0.15) is 25.4 Å². The third kappa shape index (κ3) is 2.43. The number of hydrogen-bond donors (Lipinski definition) is 2. The summed E-state index contributed by atoms with van der Waals surface area (Å²) in [5.74, 6) is 3.29. The molecule has 2 aromatic heterocycles. The summed E-state index contributed by atoms with van der Waals surface area (Å²) < 4.78 is 5.55. The first-order chi connectivity index (χ1) is 9.52. The van der Waals surface area contributed by atoms with Gasteiger partial charge in [-0.15, -0.1) is 5.10 Å². The zero-order valence-electron chi connectivity index (χ0n) is 12.4.